The van der Waals surface area contributed by atoms with Gasteiger partial charge in [-0.15, -0.1) is 0 Å². The van der Waals surface area contributed by atoms with E-state index in [2.05, 4.69) is 15.0 Å². The molecular formula is C17H21N5O3. The summed E-state index contributed by atoms with van der Waals surface area (Å²) in [6, 6.07) is 1.93. The summed E-state index contributed by atoms with van der Waals surface area (Å²) in [6.07, 6.45) is 6.71. The van der Waals surface area contributed by atoms with Crippen molar-refractivity contribution in [1.29, 1.82) is 0 Å². The molecule has 2 fully saturated rings. The van der Waals surface area contributed by atoms with Gasteiger partial charge < -0.3 is 14.9 Å². The number of amides is 1. The van der Waals surface area contributed by atoms with E-state index < -0.39 is 5.97 Å². The number of piperidine rings is 1. The van der Waals surface area contributed by atoms with Crippen LogP contribution in [-0.4, -0.2) is 62.7 Å². The molecule has 0 spiro atoms. The van der Waals surface area contributed by atoms with Gasteiger partial charge in [-0.1, -0.05) is 0 Å². The Kier molecular flexibility index (Phi) is 4.03. The lowest BCUT2D eigenvalue weighted by atomic mass is 9.97. The minimum atomic E-state index is -0.778. The fourth-order valence-corrected chi connectivity index (χ4v) is 3.63. The van der Waals surface area contributed by atoms with E-state index in [1.165, 1.54) is 0 Å². The summed E-state index contributed by atoms with van der Waals surface area (Å²) >= 11 is 0. The number of aromatic nitrogens is 3. The molecular weight excluding hydrogens is 322 g/mol. The molecule has 0 aromatic carbocycles. The standard InChI is InChI=1S/C17H21N5O3/c23-16(21-8-3-12(4-9-21)17(24)25)13-11-18-22-10-5-14(19-15(13)22)20-6-1-2-7-20/h5,10-12H,1-4,6-9H2,(H,24,25). The molecule has 132 valence electrons. The topological polar surface area (TPSA) is 91.0 Å². The van der Waals surface area contributed by atoms with Crippen molar-refractivity contribution < 1.29 is 14.7 Å². The van der Waals surface area contributed by atoms with Gasteiger partial charge in [0.2, 0.25) is 0 Å². The summed E-state index contributed by atoms with van der Waals surface area (Å²) in [5.41, 5.74) is 1.05. The molecule has 0 atom stereocenters. The first kappa shape index (κ1) is 15.9. The summed E-state index contributed by atoms with van der Waals surface area (Å²) in [4.78, 5) is 32.5. The Hall–Kier alpha value is -2.64. The average Bonchev–Trinajstić information content (AvgIpc) is 3.30. The van der Waals surface area contributed by atoms with Crippen LogP contribution in [0.15, 0.2) is 18.5 Å². The van der Waals surface area contributed by atoms with Gasteiger partial charge in [0.05, 0.1) is 12.1 Å². The number of hydrogen-bond acceptors (Lipinski definition) is 5. The van der Waals surface area contributed by atoms with Crippen molar-refractivity contribution in [2.75, 3.05) is 31.1 Å². The van der Waals surface area contributed by atoms with Crippen molar-refractivity contribution in [3.63, 3.8) is 0 Å². The number of likely N-dealkylation sites (tertiary alicyclic amines) is 1. The minimum absolute atomic E-state index is 0.120. The smallest absolute Gasteiger partial charge is 0.306 e. The first-order chi connectivity index (χ1) is 12.1. The second-order valence-corrected chi connectivity index (χ2v) is 6.71. The maximum absolute atomic E-state index is 12.9. The fourth-order valence-electron chi connectivity index (χ4n) is 3.63. The molecule has 0 unspecified atom stereocenters. The SMILES string of the molecule is O=C(O)C1CCN(C(=O)c2cnn3ccc(N4CCCC4)nc23)CC1. The van der Waals surface area contributed by atoms with E-state index in [4.69, 9.17) is 5.11 Å². The lowest BCUT2D eigenvalue weighted by Gasteiger charge is -2.29. The molecule has 8 heteroatoms. The Bertz CT molecular complexity index is 804. The molecule has 2 aliphatic heterocycles. The molecule has 8 nitrogen and oxygen atoms in total. The van der Waals surface area contributed by atoms with Crippen LogP contribution in [0.5, 0.6) is 0 Å². The third kappa shape index (κ3) is 2.92. The van der Waals surface area contributed by atoms with E-state index in [0.29, 0.717) is 37.1 Å². The van der Waals surface area contributed by atoms with Crippen LogP contribution in [-0.2, 0) is 4.79 Å². The fraction of sp³-hybridized carbons (Fsp3) is 0.529. The molecule has 0 aliphatic carbocycles. The molecule has 1 N–H and O–H groups in total. The summed E-state index contributed by atoms with van der Waals surface area (Å²) in [5, 5.41) is 13.3. The van der Waals surface area contributed by atoms with Gasteiger partial charge in [0.15, 0.2) is 5.65 Å². The maximum Gasteiger partial charge on any atom is 0.306 e. The molecule has 0 bridgehead atoms. The minimum Gasteiger partial charge on any atom is -0.481 e. The van der Waals surface area contributed by atoms with E-state index >= 15 is 0 Å². The summed E-state index contributed by atoms with van der Waals surface area (Å²) in [7, 11) is 0. The molecule has 25 heavy (non-hydrogen) atoms. The number of carbonyl (C=O) groups excluding carboxylic acids is 1. The first-order valence-electron chi connectivity index (χ1n) is 8.75. The first-order valence-corrected chi connectivity index (χ1v) is 8.75. The van der Waals surface area contributed by atoms with Crippen molar-refractivity contribution in [2.45, 2.75) is 25.7 Å². The van der Waals surface area contributed by atoms with E-state index in [0.717, 1.165) is 31.7 Å². The van der Waals surface area contributed by atoms with E-state index in [1.54, 1.807) is 15.6 Å². The lowest BCUT2D eigenvalue weighted by molar-refractivity contribution is -0.143. The number of carbonyl (C=O) groups is 2. The number of carboxylic acids is 1. The van der Waals surface area contributed by atoms with Crippen LogP contribution in [0.2, 0.25) is 0 Å². The number of carboxylic acid groups (broad SMARTS) is 1. The zero-order valence-electron chi connectivity index (χ0n) is 14.0. The van der Waals surface area contributed by atoms with E-state index in [-0.39, 0.29) is 11.8 Å². The van der Waals surface area contributed by atoms with Crippen molar-refractivity contribution in [3.05, 3.63) is 24.0 Å². The zero-order valence-corrected chi connectivity index (χ0v) is 14.0. The van der Waals surface area contributed by atoms with Gasteiger partial charge in [0, 0.05) is 32.4 Å². The Morgan fingerprint density at radius 2 is 1.84 bits per heavy atom. The molecule has 0 radical (unpaired) electrons. The van der Waals surface area contributed by atoms with E-state index in [9.17, 15) is 9.59 Å². The zero-order chi connectivity index (χ0) is 17.4. The number of aliphatic carboxylic acids is 1. The van der Waals surface area contributed by atoms with Gasteiger partial charge >= 0.3 is 5.97 Å². The monoisotopic (exact) mass is 343 g/mol. The van der Waals surface area contributed by atoms with Crippen LogP contribution in [0, 0.1) is 5.92 Å². The van der Waals surface area contributed by atoms with Crippen molar-refractivity contribution in [2.24, 2.45) is 5.92 Å². The quantitative estimate of drug-likeness (QED) is 0.902. The van der Waals surface area contributed by atoms with Crippen LogP contribution >= 0.6 is 0 Å². The second kappa shape index (κ2) is 6.34. The van der Waals surface area contributed by atoms with Gasteiger partial charge in [0.1, 0.15) is 11.4 Å². The number of rotatable bonds is 3. The van der Waals surface area contributed by atoms with Crippen LogP contribution in [0.1, 0.15) is 36.0 Å². The van der Waals surface area contributed by atoms with Gasteiger partial charge in [-0.3, -0.25) is 9.59 Å². The molecule has 4 heterocycles. The summed E-state index contributed by atoms with van der Waals surface area (Å²) in [6.45, 7) is 2.89. The summed E-state index contributed by atoms with van der Waals surface area (Å²) in [5.74, 6) is -0.373. The Labute approximate surface area is 145 Å². The van der Waals surface area contributed by atoms with Gasteiger partial charge in [-0.05, 0) is 31.7 Å². The van der Waals surface area contributed by atoms with Gasteiger partial charge in [0.25, 0.3) is 5.91 Å². The maximum atomic E-state index is 12.9. The van der Waals surface area contributed by atoms with Crippen LogP contribution in [0.4, 0.5) is 5.82 Å². The number of hydrogen-bond donors (Lipinski definition) is 1. The van der Waals surface area contributed by atoms with Crippen molar-refractivity contribution in [1.82, 2.24) is 19.5 Å². The normalized spacial score (nSPS) is 18.9. The Morgan fingerprint density at radius 3 is 2.52 bits per heavy atom. The van der Waals surface area contributed by atoms with Crippen LogP contribution in [0.25, 0.3) is 5.65 Å². The summed E-state index contributed by atoms with van der Waals surface area (Å²) < 4.78 is 1.62. The molecule has 2 aliphatic rings. The highest BCUT2D eigenvalue weighted by atomic mass is 16.4. The lowest BCUT2D eigenvalue weighted by Crippen LogP contribution is -2.40. The number of fused-ring (bicyclic) bond motifs is 1. The molecule has 0 saturated carbocycles. The van der Waals surface area contributed by atoms with Crippen molar-refractivity contribution in [3.8, 4) is 0 Å². The molecule has 2 aromatic heterocycles. The Balaban J connectivity index is 1.57. The molecule has 4 rings (SSSR count). The highest BCUT2D eigenvalue weighted by Gasteiger charge is 2.29. The van der Waals surface area contributed by atoms with Crippen molar-refractivity contribution >= 4 is 23.3 Å². The number of nitrogens with zero attached hydrogens (tertiary/aromatic N) is 5. The third-order valence-electron chi connectivity index (χ3n) is 5.15. The van der Waals surface area contributed by atoms with Crippen LogP contribution in [0.3, 0.4) is 0 Å². The van der Waals surface area contributed by atoms with Gasteiger partial charge in [-0.25, -0.2) is 9.50 Å². The second-order valence-electron chi connectivity index (χ2n) is 6.71. The highest BCUT2D eigenvalue weighted by molar-refractivity contribution is 5.99. The largest absolute Gasteiger partial charge is 0.481 e. The molecule has 2 saturated heterocycles. The Morgan fingerprint density at radius 1 is 1.12 bits per heavy atom. The third-order valence-corrected chi connectivity index (χ3v) is 5.15. The highest BCUT2D eigenvalue weighted by Crippen LogP contribution is 2.23. The molecule has 2 aromatic rings. The predicted molar refractivity (Wildman–Crippen MR) is 90.7 cm³/mol. The average molecular weight is 343 g/mol. The van der Waals surface area contributed by atoms with Crippen LogP contribution < -0.4 is 4.90 Å². The van der Waals surface area contributed by atoms with Gasteiger partial charge in [-0.2, -0.15) is 5.10 Å². The van der Waals surface area contributed by atoms with E-state index in [1.807, 2.05) is 12.3 Å². The number of anilines is 1. The molecule has 1 amide bonds. The predicted octanol–water partition coefficient (Wildman–Crippen LogP) is 1.27.